The van der Waals surface area contributed by atoms with Gasteiger partial charge in [-0.2, -0.15) is 0 Å². The Bertz CT molecular complexity index is 556. The second kappa shape index (κ2) is 5.50. The lowest BCUT2D eigenvalue weighted by Crippen LogP contribution is -2.57. The van der Waals surface area contributed by atoms with Crippen molar-refractivity contribution >= 4 is 11.7 Å². The molecular formula is C16H23N5O. The van der Waals surface area contributed by atoms with Gasteiger partial charge in [0.2, 0.25) is 0 Å². The van der Waals surface area contributed by atoms with Crippen LogP contribution in [-0.2, 0) is 0 Å². The molecule has 1 N–H and O–H groups in total. The van der Waals surface area contributed by atoms with E-state index in [1.165, 1.54) is 32.2 Å². The number of amides is 2. The van der Waals surface area contributed by atoms with Crippen LogP contribution in [0.15, 0.2) is 12.4 Å². The smallest absolute Gasteiger partial charge is 0.319 e. The number of carbonyl (C=O) groups is 1. The van der Waals surface area contributed by atoms with E-state index in [0.29, 0.717) is 17.6 Å². The Morgan fingerprint density at radius 2 is 2.00 bits per heavy atom. The van der Waals surface area contributed by atoms with Crippen LogP contribution in [0.5, 0.6) is 0 Å². The summed E-state index contributed by atoms with van der Waals surface area (Å²) in [4.78, 5) is 25.7. The number of hydrogen-bond donors (Lipinski definition) is 1. The van der Waals surface area contributed by atoms with E-state index in [4.69, 9.17) is 0 Å². The van der Waals surface area contributed by atoms with Crippen molar-refractivity contribution in [1.29, 1.82) is 0 Å². The van der Waals surface area contributed by atoms with Crippen molar-refractivity contribution < 1.29 is 4.79 Å². The van der Waals surface area contributed by atoms with Crippen LogP contribution in [0, 0.1) is 0 Å². The Labute approximate surface area is 130 Å². The van der Waals surface area contributed by atoms with Gasteiger partial charge in [0.15, 0.2) is 0 Å². The highest BCUT2D eigenvalue weighted by Crippen LogP contribution is 2.37. The van der Waals surface area contributed by atoms with Crippen molar-refractivity contribution in [1.82, 2.24) is 19.8 Å². The maximum Gasteiger partial charge on any atom is 0.322 e. The van der Waals surface area contributed by atoms with E-state index in [1.807, 2.05) is 4.90 Å². The molecule has 0 spiro atoms. The molecule has 1 aromatic heterocycles. The number of anilines is 1. The third kappa shape index (κ3) is 2.67. The molecule has 3 heterocycles. The van der Waals surface area contributed by atoms with Crippen LogP contribution in [0.2, 0.25) is 0 Å². The molecule has 1 aliphatic carbocycles. The molecule has 3 fully saturated rings. The summed E-state index contributed by atoms with van der Waals surface area (Å²) in [6.07, 6.45) is 8.30. The number of aromatic nitrogens is 2. The zero-order valence-corrected chi connectivity index (χ0v) is 13.0. The van der Waals surface area contributed by atoms with Crippen LogP contribution in [0.25, 0.3) is 0 Å². The van der Waals surface area contributed by atoms with E-state index < -0.39 is 0 Å². The summed E-state index contributed by atoms with van der Waals surface area (Å²) < 4.78 is 0. The van der Waals surface area contributed by atoms with E-state index in [1.54, 1.807) is 12.4 Å². The van der Waals surface area contributed by atoms with E-state index in [2.05, 4.69) is 27.1 Å². The Kier molecular flexibility index (Phi) is 3.48. The van der Waals surface area contributed by atoms with Gasteiger partial charge in [0.05, 0.1) is 18.1 Å². The third-order valence-electron chi connectivity index (χ3n) is 5.06. The summed E-state index contributed by atoms with van der Waals surface area (Å²) in [5, 5.41) is 2.95. The summed E-state index contributed by atoms with van der Waals surface area (Å²) in [7, 11) is 0. The van der Waals surface area contributed by atoms with Crippen molar-refractivity contribution in [2.75, 3.05) is 25.0 Å². The van der Waals surface area contributed by atoms with Crippen LogP contribution in [0.3, 0.4) is 0 Å². The van der Waals surface area contributed by atoms with E-state index >= 15 is 0 Å². The van der Waals surface area contributed by atoms with Crippen molar-refractivity contribution in [2.24, 2.45) is 0 Å². The molecule has 6 nitrogen and oxygen atoms in total. The van der Waals surface area contributed by atoms with Gasteiger partial charge in [0, 0.05) is 31.1 Å². The Morgan fingerprint density at radius 1 is 1.23 bits per heavy atom. The number of rotatable bonds is 2. The molecular weight excluding hydrogens is 278 g/mol. The van der Waals surface area contributed by atoms with Crippen molar-refractivity contribution in [2.45, 2.75) is 50.6 Å². The highest BCUT2D eigenvalue weighted by atomic mass is 16.2. The lowest BCUT2D eigenvalue weighted by molar-refractivity contribution is 0.0861. The molecule has 118 valence electrons. The molecule has 6 heteroatoms. The van der Waals surface area contributed by atoms with Crippen LogP contribution in [0.1, 0.15) is 44.3 Å². The molecule has 22 heavy (non-hydrogen) atoms. The van der Waals surface area contributed by atoms with Gasteiger partial charge in [-0.25, -0.2) is 14.8 Å². The minimum absolute atomic E-state index is 0.0261. The number of nitrogens with zero attached hydrogens (tertiary/aromatic N) is 4. The quantitative estimate of drug-likeness (QED) is 0.908. The summed E-state index contributed by atoms with van der Waals surface area (Å²) in [6.45, 7) is 5.12. The summed E-state index contributed by atoms with van der Waals surface area (Å²) in [5.41, 5.74) is 0.690. The Balaban J connectivity index is 1.40. The molecule has 3 aliphatic rings. The summed E-state index contributed by atoms with van der Waals surface area (Å²) in [6, 6.07) is 0.762. The third-order valence-corrected chi connectivity index (χ3v) is 5.06. The normalized spacial score (nSPS) is 28.5. The Morgan fingerprint density at radius 3 is 2.73 bits per heavy atom. The lowest BCUT2D eigenvalue weighted by atomic mass is 10.1. The molecule has 1 aromatic rings. The largest absolute Gasteiger partial charge is 0.322 e. The van der Waals surface area contributed by atoms with Gasteiger partial charge in [-0.15, -0.1) is 0 Å². The molecule has 0 aromatic carbocycles. The fourth-order valence-electron chi connectivity index (χ4n) is 3.62. The van der Waals surface area contributed by atoms with Crippen LogP contribution in [-0.4, -0.2) is 57.5 Å². The predicted octanol–water partition coefficient (Wildman–Crippen LogP) is 2.05. The topological polar surface area (TPSA) is 61.4 Å². The summed E-state index contributed by atoms with van der Waals surface area (Å²) in [5.74, 6) is 1.45. The van der Waals surface area contributed by atoms with Crippen LogP contribution < -0.4 is 5.32 Å². The van der Waals surface area contributed by atoms with Gasteiger partial charge in [-0.1, -0.05) is 0 Å². The summed E-state index contributed by atoms with van der Waals surface area (Å²) >= 11 is 0. The van der Waals surface area contributed by atoms with E-state index in [0.717, 1.165) is 18.9 Å². The van der Waals surface area contributed by atoms with Gasteiger partial charge in [-0.3, -0.25) is 4.90 Å². The fraction of sp³-hybridized carbons (Fsp3) is 0.688. The number of urea groups is 1. The first-order valence-electron chi connectivity index (χ1n) is 8.34. The minimum Gasteiger partial charge on any atom is -0.319 e. The molecule has 2 amide bonds. The first-order valence-corrected chi connectivity index (χ1v) is 8.34. The number of fused-ring (bicyclic) bond motifs is 1. The van der Waals surface area contributed by atoms with Crippen LogP contribution in [0.4, 0.5) is 10.5 Å². The van der Waals surface area contributed by atoms with E-state index in [9.17, 15) is 4.79 Å². The molecule has 4 rings (SSSR count). The minimum atomic E-state index is -0.0261. The predicted molar refractivity (Wildman–Crippen MR) is 83.8 cm³/mol. The standard InChI is InChI=1S/C16H23N5O/c1-11-9-20-6-2-3-14(20)10-21(11)16(22)19-13-7-17-15(18-8-13)12-4-5-12/h7-8,11-12,14H,2-6,9-10H2,1H3,(H,19,22)/t11-,14-/m0/s1. The van der Waals surface area contributed by atoms with Crippen molar-refractivity contribution in [3.63, 3.8) is 0 Å². The first-order chi connectivity index (χ1) is 10.7. The fourth-order valence-corrected chi connectivity index (χ4v) is 3.62. The van der Waals surface area contributed by atoms with Crippen molar-refractivity contribution in [3.05, 3.63) is 18.2 Å². The van der Waals surface area contributed by atoms with Crippen molar-refractivity contribution in [3.8, 4) is 0 Å². The van der Waals surface area contributed by atoms with Gasteiger partial charge < -0.3 is 10.2 Å². The zero-order chi connectivity index (χ0) is 15.1. The molecule has 2 aliphatic heterocycles. The SMILES string of the molecule is C[C@H]1CN2CCC[C@H]2CN1C(=O)Nc1cnc(C2CC2)nc1. The Hall–Kier alpha value is -1.69. The molecule has 1 saturated carbocycles. The molecule has 0 radical (unpaired) electrons. The van der Waals surface area contributed by atoms with Gasteiger partial charge in [-0.05, 0) is 39.2 Å². The molecule has 0 bridgehead atoms. The number of nitrogens with one attached hydrogen (secondary N) is 1. The van der Waals surface area contributed by atoms with Crippen LogP contribution >= 0.6 is 0 Å². The maximum absolute atomic E-state index is 12.5. The molecule has 2 saturated heterocycles. The number of carbonyl (C=O) groups excluding carboxylic acids is 1. The van der Waals surface area contributed by atoms with Gasteiger partial charge >= 0.3 is 6.03 Å². The lowest BCUT2D eigenvalue weighted by Gasteiger charge is -2.42. The second-order valence-electron chi connectivity index (χ2n) is 6.83. The zero-order valence-electron chi connectivity index (χ0n) is 13.0. The highest BCUT2D eigenvalue weighted by Gasteiger charge is 2.36. The van der Waals surface area contributed by atoms with E-state index in [-0.39, 0.29) is 12.1 Å². The average molecular weight is 301 g/mol. The number of piperazine rings is 1. The molecule has 0 unspecified atom stereocenters. The number of hydrogen-bond acceptors (Lipinski definition) is 4. The first kappa shape index (κ1) is 13.9. The highest BCUT2D eigenvalue weighted by molar-refractivity contribution is 5.89. The average Bonchev–Trinajstić information content (AvgIpc) is 3.26. The molecule has 2 atom stereocenters. The van der Waals surface area contributed by atoms with Gasteiger partial charge in [0.1, 0.15) is 5.82 Å². The maximum atomic E-state index is 12.5. The van der Waals surface area contributed by atoms with Gasteiger partial charge in [0.25, 0.3) is 0 Å². The monoisotopic (exact) mass is 301 g/mol. The second-order valence-corrected chi connectivity index (χ2v) is 6.83.